The van der Waals surface area contributed by atoms with Crippen molar-refractivity contribution < 1.29 is 87.9 Å². The highest BCUT2D eigenvalue weighted by Gasteiger charge is 2.96. The van der Waals surface area contributed by atoms with Crippen LogP contribution in [0.5, 0.6) is 0 Å². The lowest BCUT2D eigenvalue weighted by Crippen LogP contribution is -2.75. The van der Waals surface area contributed by atoms with Gasteiger partial charge < -0.3 is 4.52 Å². The molecule has 0 aliphatic carbocycles. The Kier molecular flexibility index (Phi) is 7.29. The molecule has 0 aliphatic heterocycles. The molecule has 21 heteroatoms. The predicted molar refractivity (Wildman–Crippen MR) is 86.5 cm³/mol. The van der Waals surface area contributed by atoms with Crippen LogP contribution in [0.4, 0.5) is 83.4 Å². The van der Waals surface area contributed by atoms with E-state index in [1.54, 1.807) is 0 Å². The summed E-state index contributed by atoms with van der Waals surface area (Å²) in [6, 6.07) is 5.24. The van der Waals surface area contributed by atoms with Crippen molar-refractivity contribution >= 4 is 0 Å². The topological polar surface area (TPSA) is 26.0 Å². The molecular formula is C18H6F19NO. The van der Waals surface area contributed by atoms with E-state index in [0.717, 1.165) is 24.3 Å². The largest absolute Gasteiger partial charge is 0.460 e. The molecule has 0 radical (unpaired) electrons. The van der Waals surface area contributed by atoms with E-state index >= 15 is 0 Å². The maximum atomic E-state index is 14.2. The zero-order chi connectivity index (χ0) is 30.9. The van der Waals surface area contributed by atoms with E-state index in [1.807, 2.05) is 0 Å². The molecule has 0 saturated heterocycles. The lowest BCUT2D eigenvalue weighted by atomic mass is 9.87. The van der Waals surface area contributed by atoms with Crippen molar-refractivity contribution in [1.29, 1.82) is 0 Å². The van der Waals surface area contributed by atoms with Gasteiger partial charge in [-0.2, -0.15) is 83.4 Å². The maximum Gasteiger partial charge on any atom is 0.460 e. The highest BCUT2D eigenvalue weighted by Crippen LogP contribution is 2.66. The minimum atomic E-state index is -8.97. The van der Waals surface area contributed by atoms with E-state index < -0.39 is 65.0 Å². The lowest BCUT2D eigenvalue weighted by molar-refractivity contribution is -0.469. The standard InChI is InChI=1S/C18H6F19NO/c19-10(20,9-6-8(39-38-9)7-4-2-1-3-5-7)11(21,22)12(23,24)13(25,26)14(27,28)15(29,30)16(31,32)17(33,34)18(35,36)37/h1-6H. The second-order valence-electron chi connectivity index (χ2n) is 7.54. The first-order chi connectivity index (χ1) is 17.1. The van der Waals surface area contributed by atoms with Gasteiger partial charge in [-0.05, 0) is 0 Å². The Labute approximate surface area is 201 Å². The van der Waals surface area contributed by atoms with Gasteiger partial charge in [0.05, 0.1) is 0 Å². The van der Waals surface area contributed by atoms with Crippen molar-refractivity contribution in [1.82, 2.24) is 5.16 Å². The zero-order valence-corrected chi connectivity index (χ0v) is 17.5. The van der Waals surface area contributed by atoms with Gasteiger partial charge in [0.2, 0.25) is 0 Å². The fraction of sp³-hybridized carbons (Fsp3) is 0.500. The van der Waals surface area contributed by atoms with Crippen molar-refractivity contribution in [2.24, 2.45) is 0 Å². The summed E-state index contributed by atoms with van der Waals surface area (Å²) < 4.78 is 259. The van der Waals surface area contributed by atoms with E-state index in [-0.39, 0.29) is 11.6 Å². The lowest BCUT2D eigenvalue weighted by Gasteiger charge is -2.43. The molecule has 0 fully saturated rings. The second-order valence-corrected chi connectivity index (χ2v) is 7.54. The number of aromatic nitrogens is 1. The first kappa shape index (κ1) is 32.3. The van der Waals surface area contributed by atoms with E-state index in [4.69, 9.17) is 0 Å². The number of rotatable bonds is 9. The number of hydrogen-bond acceptors (Lipinski definition) is 2. The highest BCUT2D eigenvalue weighted by molar-refractivity contribution is 5.57. The molecule has 0 spiro atoms. The minimum Gasteiger partial charge on any atom is -0.356 e. The average Bonchev–Trinajstić information content (AvgIpc) is 3.29. The van der Waals surface area contributed by atoms with E-state index in [2.05, 4.69) is 9.68 Å². The molecule has 2 rings (SSSR count). The van der Waals surface area contributed by atoms with Gasteiger partial charge in [-0.15, -0.1) is 0 Å². The Morgan fingerprint density at radius 3 is 1.21 bits per heavy atom. The Hall–Kier alpha value is -2.90. The van der Waals surface area contributed by atoms with Crippen LogP contribution in [0.3, 0.4) is 0 Å². The molecule has 0 atom stereocenters. The maximum absolute atomic E-state index is 14.2. The van der Waals surface area contributed by atoms with Gasteiger partial charge in [-0.1, -0.05) is 35.5 Å². The normalized spacial score (nSPS) is 15.6. The van der Waals surface area contributed by atoms with Crippen LogP contribution in [-0.4, -0.2) is 52.8 Å². The molecule has 0 amide bonds. The molecular weight excluding hydrogens is 607 g/mol. The Morgan fingerprint density at radius 1 is 0.462 bits per heavy atom. The Morgan fingerprint density at radius 2 is 0.821 bits per heavy atom. The van der Waals surface area contributed by atoms with Crippen molar-refractivity contribution in [3.05, 3.63) is 42.1 Å². The molecule has 1 aromatic heterocycles. The summed E-state index contributed by atoms with van der Waals surface area (Å²) in [6.45, 7) is 0. The van der Waals surface area contributed by atoms with Gasteiger partial charge in [-0.3, -0.25) is 0 Å². The molecule has 1 aromatic carbocycles. The number of benzene rings is 1. The van der Waals surface area contributed by atoms with E-state index in [0.29, 0.717) is 0 Å². The van der Waals surface area contributed by atoms with Crippen molar-refractivity contribution in [3.8, 4) is 11.3 Å². The Bertz CT molecular complexity index is 1160. The molecule has 0 bridgehead atoms. The first-order valence-electron chi connectivity index (χ1n) is 9.19. The van der Waals surface area contributed by atoms with Crippen molar-refractivity contribution in [3.63, 3.8) is 0 Å². The first-order valence-corrected chi connectivity index (χ1v) is 9.19. The summed E-state index contributed by atoms with van der Waals surface area (Å²) in [5.74, 6) is -68.3. The fourth-order valence-corrected chi connectivity index (χ4v) is 2.68. The van der Waals surface area contributed by atoms with Gasteiger partial charge in [0.1, 0.15) is 0 Å². The van der Waals surface area contributed by atoms with Crippen LogP contribution in [-0.2, 0) is 5.92 Å². The molecule has 0 unspecified atom stereocenters. The molecule has 0 N–H and O–H groups in total. The predicted octanol–water partition coefficient (Wildman–Crippen LogP) is 8.44. The summed E-state index contributed by atoms with van der Waals surface area (Å²) in [4.78, 5) is 0. The smallest absolute Gasteiger partial charge is 0.356 e. The molecule has 222 valence electrons. The minimum absolute atomic E-state index is 0.313. The summed E-state index contributed by atoms with van der Waals surface area (Å²) in [5.41, 5.74) is -3.04. The Balaban J connectivity index is 2.64. The quantitative estimate of drug-likeness (QED) is 0.266. The number of halogens is 19. The van der Waals surface area contributed by atoms with Gasteiger partial charge in [0, 0.05) is 11.6 Å². The third-order valence-corrected chi connectivity index (χ3v) is 5.01. The molecule has 2 nitrogen and oxygen atoms in total. The molecule has 2 aromatic rings. The molecule has 39 heavy (non-hydrogen) atoms. The highest BCUT2D eigenvalue weighted by atomic mass is 19.4. The third-order valence-electron chi connectivity index (χ3n) is 5.01. The number of hydrogen-bond donors (Lipinski definition) is 0. The van der Waals surface area contributed by atoms with Crippen LogP contribution in [0.1, 0.15) is 5.69 Å². The number of nitrogens with zero attached hydrogens (tertiary/aromatic N) is 1. The summed E-state index contributed by atoms with van der Waals surface area (Å²) in [7, 11) is 0. The van der Waals surface area contributed by atoms with Crippen molar-refractivity contribution in [2.45, 2.75) is 53.6 Å². The van der Waals surface area contributed by atoms with Gasteiger partial charge in [0.15, 0.2) is 11.5 Å². The van der Waals surface area contributed by atoms with Gasteiger partial charge >= 0.3 is 53.6 Å². The molecule has 0 saturated carbocycles. The zero-order valence-electron chi connectivity index (χ0n) is 17.5. The van der Waals surface area contributed by atoms with Crippen LogP contribution < -0.4 is 0 Å². The fourth-order valence-electron chi connectivity index (χ4n) is 2.68. The second kappa shape index (κ2) is 8.80. The van der Waals surface area contributed by atoms with Crippen LogP contribution in [0.15, 0.2) is 40.9 Å². The summed E-state index contributed by atoms with van der Waals surface area (Å²) in [6.07, 6.45) is -7.92. The molecule has 1 heterocycles. The van der Waals surface area contributed by atoms with E-state index in [9.17, 15) is 83.4 Å². The van der Waals surface area contributed by atoms with Gasteiger partial charge in [0.25, 0.3) is 0 Å². The average molecular weight is 613 g/mol. The summed E-state index contributed by atoms with van der Waals surface area (Å²) in [5, 5.41) is 2.17. The number of alkyl halides is 19. The van der Waals surface area contributed by atoms with Crippen LogP contribution in [0.25, 0.3) is 11.3 Å². The molecule has 0 aliphatic rings. The summed E-state index contributed by atoms with van der Waals surface area (Å²) >= 11 is 0. The van der Waals surface area contributed by atoms with Crippen LogP contribution in [0.2, 0.25) is 0 Å². The van der Waals surface area contributed by atoms with Gasteiger partial charge in [-0.25, -0.2) is 0 Å². The third kappa shape index (κ3) is 4.16. The monoisotopic (exact) mass is 613 g/mol. The van der Waals surface area contributed by atoms with Crippen LogP contribution >= 0.6 is 0 Å². The SMILES string of the molecule is FC(F)(F)C(F)(F)C(F)(F)C(F)(F)C(F)(F)C(F)(F)C(F)(F)C(F)(F)C(F)(F)c1cc(-c2ccccc2)on1. The van der Waals surface area contributed by atoms with E-state index in [1.165, 1.54) is 6.07 Å². The van der Waals surface area contributed by atoms with Crippen LogP contribution in [0, 0.1) is 0 Å². The van der Waals surface area contributed by atoms with Crippen molar-refractivity contribution in [2.75, 3.05) is 0 Å².